The van der Waals surface area contributed by atoms with Gasteiger partial charge in [-0.1, -0.05) is 38.5 Å². The largest absolute Gasteiger partial charge is 0.349 e. The molecule has 0 unspecified atom stereocenters. The summed E-state index contributed by atoms with van der Waals surface area (Å²) in [6.45, 7) is 0.826. The van der Waals surface area contributed by atoms with E-state index in [1.54, 1.807) is 4.90 Å². The summed E-state index contributed by atoms with van der Waals surface area (Å²) in [6, 6.07) is 0. The standard InChI is InChI=1S/C13H28N2O/c1-15(2)13(16)11-9-7-5-3-4-6-8-10-12-14/h3-12,14H2,1-2H3. The first-order chi connectivity index (χ1) is 7.68. The van der Waals surface area contributed by atoms with Gasteiger partial charge in [0.25, 0.3) is 0 Å². The van der Waals surface area contributed by atoms with Crippen LogP contribution in [-0.4, -0.2) is 31.4 Å². The van der Waals surface area contributed by atoms with E-state index in [4.69, 9.17) is 5.73 Å². The van der Waals surface area contributed by atoms with Crippen LogP contribution < -0.4 is 5.73 Å². The summed E-state index contributed by atoms with van der Waals surface area (Å²) in [5, 5.41) is 0. The average Bonchev–Trinajstić information content (AvgIpc) is 2.26. The van der Waals surface area contributed by atoms with Crippen molar-refractivity contribution < 1.29 is 4.79 Å². The molecule has 0 bridgehead atoms. The Morgan fingerprint density at radius 2 is 1.31 bits per heavy atom. The summed E-state index contributed by atoms with van der Waals surface area (Å²) in [5.74, 6) is 0.253. The van der Waals surface area contributed by atoms with E-state index in [-0.39, 0.29) is 5.91 Å². The first-order valence-electron chi connectivity index (χ1n) is 6.58. The third kappa shape index (κ3) is 9.97. The minimum Gasteiger partial charge on any atom is -0.349 e. The molecule has 0 saturated carbocycles. The van der Waals surface area contributed by atoms with Crippen molar-refractivity contribution in [2.75, 3.05) is 20.6 Å². The predicted molar refractivity (Wildman–Crippen MR) is 69.3 cm³/mol. The minimum atomic E-state index is 0.253. The smallest absolute Gasteiger partial charge is 0.222 e. The summed E-state index contributed by atoms with van der Waals surface area (Å²) >= 11 is 0. The highest BCUT2D eigenvalue weighted by Crippen LogP contribution is 2.09. The first kappa shape index (κ1) is 15.4. The van der Waals surface area contributed by atoms with Crippen LogP contribution in [0.2, 0.25) is 0 Å². The molecule has 0 aromatic rings. The lowest BCUT2D eigenvalue weighted by Crippen LogP contribution is -2.20. The van der Waals surface area contributed by atoms with Crippen molar-refractivity contribution >= 4 is 5.91 Å². The summed E-state index contributed by atoms with van der Waals surface area (Å²) < 4.78 is 0. The van der Waals surface area contributed by atoms with Crippen LogP contribution in [0.25, 0.3) is 0 Å². The van der Waals surface area contributed by atoms with E-state index >= 15 is 0 Å². The molecular formula is C13H28N2O. The highest BCUT2D eigenvalue weighted by atomic mass is 16.2. The zero-order valence-electron chi connectivity index (χ0n) is 11.0. The lowest BCUT2D eigenvalue weighted by atomic mass is 10.1. The van der Waals surface area contributed by atoms with Gasteiger partial charge in [0, 0.05) is 20.5 Å². The molecular weight excluding hydrogens is 200 g/mol. The summed E-state index contributed by atoms with van der Waals surface area (Å²) in [7, 11) is 3.64. The van der Waals surface area contributed by atoms with Gasteiger partial charge < -0.3 is 10.6 Å². The van der Waals surface area contributed by atoms with Gasteiger partial charge >= 0.3 is 0 Å². The fourth-order valence-electron chi connectivity index (χ4n) is 1.70. The number of carbonyl (C=O) groups excluding carboxylic acids is 1. The predicted octanol–water partition coefficient (Wildman–Crippen LogP) is 2.54. The van der Waals surface area contributed by atoms with Crippen molar-refractivity contribution in [2.24, 2.45) is 5.73 Å². The topological polar surface area (TPSA) is 46.3 Å². The number of carbonyl (C=O) groups is 1. The monoisotopic (exact) mass is 228 g/mol. The molecule has 0 radical (unpaired) electrons. The summed E-state index contributed by atoms with van der Waals surface area (Å²) in [6.07, 6.45) is 10.6. The molecule has 0 aliphatic heterocycles. The van der Waals surface area contributed by atoms with Gasteiger partial charge in [0.2, 0.25) is 5.91 Å². The molecule has 16 heavy (non-hydrogen) atoms. The Hall–Kier alpha value is -0.570. The molecule has 1 amide bonds. The quantitative estimate of drug-likeness (QED) is 0.584. The van der Waals surface area contributed by atoms with Crippen molar-refractivity contribution in [3.63, 3.8) is 0 Å². The summed E-state index contributed by atoms with van der Waals surface area (Å²) in [5.41, 5.74) is 5.43. The first-order valence-corrected chi connectivity index (χ1v) is 6.58. The number of hydrogen-bond donors (Lipinski definition) is 1. The zero-order chi connectivity index (χ0) is 12.2. The number of hydrogen-bond acceptors (Lipinski definition) is 2. The second-order valence-corrected chi connectivity index (χ2v) is 4.66. The number of rotatable bonds is 10. The molecule has 0 aliphatic carbocycles. The number of nitrogens with two attached hydrogens (primary N) is 1. The van der Waals surface area contributed by atoms with Crippen molar-refractivity contribution in [3.8, 4) is 0 Å². The van der Waals surface area contributed by atoms with Gasteiger partial charge in [-0.2, -0.15) is 0 Å². The number of nitrogens with zero attached hydrogens (tertiary/aromatic N) is 1. The second-order valence-electron chi connectivity index (χ2n) is 4.66. The van der Waals surface area contributed by atoms with Crippen molar-refractivity contribution in [1.29, 1.82) is 0 Å². The van der Waals surface area contributed by atoms with Crippen LogP contribution >= 0.6 is 0 Å². The zero-order valence-corrected chi connectivity index (χ0v) is 11.0. The van der Waals surface area contributed by atoms with Crippen molar-refractivity contribution in [3.05, 3.63) is 0 Å². The molecule has 0 saturated heterocycles. The fourth-order valence-corrected chi connectivity index (χ4v) is 1.70. The maximum absolute atomic E-state index is 11.3. The molecule has 3 nitrogen and oxygen atoms in total. The van der Waals surface area contributed by atoms with Crippen molar-refractivity contribution in [2.45, 2.75) is 57.8 Å². The molecule has 0 aromatic carbocycles. The van der Waals surface area contributed by atoms with Crippen molar-refractivity contribution in [1.82, 2.24) is 4.90 Å². The van der Waals surface area contributed by atoms with E-state index in [0.717, 1.165) is 19.4 Å². The minimum absolute atomic E-state index is 0.253. The average molecular weight is 228 g/mol. The van der Waals surface area contributed by atoms with E-state index in [9.17, 15) is 4.79 Å². The summed E-state index contributed by atoms with van der Waals surface area (Å²) in [4.78, 5) is 12.9. The number of unbranched alkanes of at least 4 members (excludes halogenated alkanes) is 7. The van der Waals surface area contributed by atoms with E-state index < -0.39 is 0 Å². The van der Waals surface area contributed by atoms with Gasteiger partial charge in [-0.3, -0.25) is 4.79 Å². The van der Waals surface area contributed by atoms with Crippen LogP contribution in [0, 0.1) is 0 Å². The Bertz CT molecular complexity index is 169. The highest BCUT2D eigenvalue weighted by Gasteiger charge is 2.02. The normalized spacial score (nSPS) is 10.4. The van der Waals surface area contributed by atoms with Gasteiger partial charge in [-0.15, -0.1) is 0 Å². The van der Waals surface area contributed by atoms with Crippen LogP contribution in [0.1, 0.15) is 57.8 Å². The van der Waals surface area contributed by atoms with Gasteiger partial charge in [0.15, 0.2) is 0 Å². The Labute approximate surface area is 100 Å². The van der Waals surface area contributed by atoms with Gasteiger partial charge in [-0.05, 0) is 19.4 Å². The molecule has 0 heterocycles. The van der Waals surface area contributed by atoms with Crippen LogP contribution in [0.15, 0.2) is 0 Å². The Morgan fingerprint density at radius 1 is 0.875 bits per heavy atom. The molecule has 0 rings (SSSR count). The maximum atomic E-state index is 11.3. The maximum Gasteiger partial charge on any atom is 0.222 e. The Kier molecular flexibility index (Phi) is 10.5. The van der Waals surface area contributed by atoms with Gasteiger partial charge in [0.1, 0.15) is 0 Å². The Balaban J connectivity index is 3.07. The highest BCUT2D eigenvalue weighted by molar-refractivity contribution is 5.75. The van der Waals surface area contributed by atoms with Gasteiger partial charge in [-0.25, -0.2) is 0 Å². The van der Waals surface area contributed by atoms with E-state index in [1.165, 1.54) is 38.5 Å². The third-order valence-electron chi connectivity index (χ3n) is 2.84. The van der Waals surface area contributed by atoms with E-state index in [2.05, 4.69) is 0 Å². The fraction of sp³-hybridized carbons (Fsp3) is 0.923. The van der Waals surface area contributed by atoms with Gasteiger partial charge in [0.05, 0.1) is 0 Å². The molecule has 0 aromatic heterocycles. The molecule has 3 heteroatoms. The second kappa shape index (κ2) is 10.9. The van der Waals surface area contributed by atoms with Crippen LogP contribution in [0.4, 0.5) is 0 Å². The lowest BCUT2D eigenvalue weighted by Gasteiger charge is -2.09. The lowest BCUT2D eigenvalue weighted by molar-refractivity contribution is -0.128. The molecule has 2 N–H and O–H groups in total. The number of amides is 1. The van der Waals surface area contributed by atoms with Crippen LogP contribution in [-0.2, 0) is 4.79 Å². The Morgan fingerprint density at radius 3 is 1.75 bits per heavy atom. The molecule has 96 valence electrons. The van der Waals surface area contributed by atoms with Crippen LogP contribution in [0.3, 0.4) is 0 Å². The third-order valence-corrected chi connectivity index (χ3v) is 2.84. The molecule has 0 spiro atoms. The van der Waals surface area contributed by atoms with E-state index in [0.29, 0.717) is 6.42 Å². The molecule has 0 aliphatic rings. The van der Waals surface area contributed by atoms with E-state index in [1.807, 2.05) is 14.1 Å². The SMILES string of the molecule is CN(C)C(=O)CCCCCCCCCCN. The molecule has 0 atom stereocenters. The van der Waals surface area contributed by atoms with Crippen LogP contribution in [0.5, 0.6) is 0 Å². The molecule has 0 fully saturated rings.